The van der Waals surface area contributed by atoms with Crippen LogP contribution < -0.4 is 9.64 Å². The molecule has 1 unspecified atom stereocenters. The zero-order valence-electron chi connectivity index (χ0n) is 19.5. The summed E-state index contributed by atoms with van der Waals surface area (Å²) in [7, 11) is 0. The summed E-state index contributed by atoms with van der Waals surface area (Å²) in [6.45, 7) is 7.55. The Kier molecular flexibility index (Phi) is 6.49. The summed E-state index contributed by atoms with van der Waals surface area (Å²) in [5.74, 6) is -0.988. The number of benzene rings is 3. The number of aliphatic hydroxyl groups excluding tert-OH is 1. The molecule has 34 heavy (non-hydrogen) atoms. The lowest BCUT2D eigenvalue weighted by atomic mass is 9.94. The molecule has 6 heteroatoms. The van der Waals surface area contributed by atoms with E-state index in [1.807, 2.05) is 51.1 Å². The number of aliphatic hydroxyl groups is 1. The maximum Gasteiger partial charge on any atom is 0.300 e. The van der Waals surface area contributed by atoms with E-state index in [1.54, 1.807) is 43.3 Å². The zero-order valence-corrected chi connectivity index (χ0v) is 20.3. The first-order valence-electron chi connectivity index (χ1n) is 11.1. The van der Waals surface area contributed by atoms with Gasteiger partial charge < -0.3 is 9.84 Å². The average Bonchev–Trinajstić information content (AvgIpc) is 3.07. The van der Waals surface area contributed by atoms with Gasteiger partial charge in [-0.2, -0.15) is 0 Å². The molecule has 1 aliphatic heterocycles. The van der Waals surface area contributed by atoms with Crippen molar-refractivity contribution in [3.63, 3.8) is 0 Å². The summed E-state index contributed by atoms with van der Waals surface area (Å²) >= 11 is 6.34. The summed E-state index contributed by atoms with van der Waals surface area (Å²) in [5, 5.41) is 11.8. The van der Waals surface area contributed by atoms with Crippen LogP contribution in [0.25, 0.3) is 5.76 Å². The van der Waals surface area contributed by atoms with E-state index in [0.717, 1.165) is 5.56 Å². The van der Waals surface area contributed by atoms with Crippen LogP contribution in [0.2, 0.25) is 5.02 Å². The number of carbonyl (C=O) groups is 2. The lowest BCUT2D eigenvalue weighted by Gasteiger charge is -2.27. The molecule has 1 N–H and O–H groups in total. The zero-order chi connectivity index (χ0) is 24.6. The van der Waals surface area contributed by atoms with Crippen LogP contribution in [0.1, 0.15) is 42.1 Å². The highest BCUT2D eigenvalue weighted by Crippen LogP contribution is 2.44. The van der Waals surface area contributed by atoms with Crippen LogP contribution in [-0.2, 0) is 9.59 Å². The molecular weight excluding hydrogens is 450 g/mol. The quantitative estimate of drug-likeness (QED) is 0.264. The summed E-state index contributed by atoms with van der Waals surface area (Å²) in [5.41, 5.74) is 3.20. The molecule has 0 aliphatic carbocycles. The lowest BCUT2D eigenvalue weighted by molar-refractivity contribution is -0.132. The minimum Gasteiger partial charge on any atom is -0.507 e. The van der Waals surface area contributed by atoms with Gasteiger partial charge in [-0.25, -0.2) is 0 Å². The number of carbonyl (C=O) groups excluding carboxylic acids is 2. The summed E-state index contributed by atoms with van der Waals surface area (Å²) in [4.78, 5) is 28.0. The van der Waals surface area contributed by atoms with Crippen LogP contribution in [-0.4, -0.2) is 22.9 Å². The normalized spacial score (nSPS) is 17.5. The molecule has 174 valence electrons. The SMILES string of the molecule is Cc1cc(/C(O)=C2\C(=O)C(=O)N(c3cccc(Cl)c3C)C2c2ccccc2)ccc1OC(C)C. The molecule has 0 bridgehead atoms. The summed E-state index contributed by atoms with van der Waals surface area (Å²) in [6.07, 6.45) is 0.00230. The fraction of sp³-hybridized carbons (Fsp3) is 0.214. The van der Waals surface area contributed by atoms with Crippen molar-refractivity contribution in [2.75, 3.05) is 4.90 Å². The van der Waals surface area contributed by atoms with Gasteiger partial charge in [0.05, 0.1) is 17.7 Å². The van der Waals surface area contributed by atoms with Gasteiger partial charge in [0.1, 0.15) is 11.5 Å². The number of ketones is 1. The summed E-state index contributed by atoms with van der Waals surface area (Å²) < 4.78 is 5.79. The fourth-order valence-corrected chi connectivity index (χ4v) is 4.40. The van der Waals surface area contributed by atoms with E-state index in [2.05, 4.69) is 0 Å². The van der Waals surface area contributed by atoms with E-state index in [1.165, 1.54) is 4.90 Å². The highest BCUT2D eigenvalue weighted by Gasteiger charge is 2.47. The number of hydrogen-bond donors (Lipinski definition) is 1. The van der Waals surface area contributed by atoms with Crippen molar-refractivity contribution in [1.29, 1.82) is 0 Å². The van der Waals surface area contributed by atoms with Gasteiger partial charge in [0.15, 0.2) is 0 Å². The first-order chi connectivity index (χ1) is 16.2. The van der Waals surface area contributed by atoms with Crippen LogP contribution in [0, 0.1) is 13.8 Å². The van der Waals surface area contributed by atoms with Gasteiger partial charge in [0, 0.05) is 16.3 Å². The van der Waals surface area contributed by atoms with Crippen LogP contribution in [0.15, 0.2) is 72.3 Å². The van der Waals surface area contributed by atoms with Crippen molar-refractivity contribution >= 4 is 34.7 Å². The van der Waals surface area contributed by atoms with Crippen molar-refractivity contribution in [1.82, 2.24) is 0 Å². The van der Waals surface area contributed by atoms with E-state index in [4.69, 9.17) is 16.3 Å². The topological polar surface area (TPSA) is 66.8 Å². The van der Waals surface area contributed by atoms with E-state index >= 15 is 0 Å². The maximum atomic E-state index is 13.3. The van der Waals surface area contributed by atoms with Crippen LogP contribution in [0.4, 0.5) is 5.69 Å². The second-order valence-electron chi connectivity index (χ2n) is 8.61. The van der Waals surface area contributed by atoms with Gasteiger partial charge in [-0.1, -0.05) is 48.0 Å². The minimum absolute atomic E-state index is 0.00230. The van der Waals surface area contributed by atoms with Crippen molar-refractivity contribution in [2.45, 2.75) is 39.8 Å². The Balaban J connectivity index is 1.91. The summed E-state index contributed by atoms with van der Waals surface area (Å²) in [6, 6.07) is 18.8. The number of hydrogen-bond acceptors (Lipinski definition) is 4. The monoisotopic (exact) mass is 475 g/mol. The van der Waals surface area contributed by atoms with Gasteiger partial charge in [-0.15, -0.1) is 0 Å². The number of rotatable bonds is 5. The van der Waals surface area contributed by atoms with Crippen LogP contribution in [0.3, 0.4) is 0 Å². The molecule has 3 aromatic carbocycles. The molecule has 1 fully saturated rings. The molecular formula is C28H26ClNO4. The first-order valence-corrected chi connectivity index (χ1v) is 11.5. The van der Waals surface area contributed by atoms with Crippen molar-refractivity contribution in [2.24, 2.45) is 0 Å². The second-order valence-corrected chi connectivity index (χ2v) is 9.02. The van der Waals surface area contributed by atoms with Gasteiger partial charge in [0.2, 0.25) is 0 Å². The third-order valence-electron chi connectivity index (χ3n) is 5.87. The molecule has 0 spiro atoms. The molecule has 3 aromatic rings. The van der Waals surface area contributed by atoms with Crippen LogP contribution >= 0.6 is 11.6 Å². The third kappa shape index (κ3) is 4.19. The molecule has 0 radical (unpaired) electrons. The van der Waals surface area contributed by atoms with Crippen molar-refractivity contribution in [3.05, 3.63) is 99.6 Å². The van der Waals surface area contributed by atoms with E-state index in [0.29, 0.717) is 33.1 Å². The van der Waals surface area contributed by atoms with Gasteiger partial charge in [0.25, 0.3) is 11.7 Å². The molecule has 1 amide bonds. The van der Waals surface area contributed by atoms with Crippen LogP contribution in [0.5, 0.6) is 5.75 Å². The number of anilines is 1. The Bertz CT molecular complexity index is 1300. The number of Topliss-reactive ketones (excluding diaryl/α,β-unsaturated/α-hetero) is 1. The molecule has 4 rings (SSSR count). The highest BCUT2D eigenvalue weighted by atomic mass is 35.5. The molecule has 5 nitrogen and oxygen atoms in total. The van der Waals surface area contributed by atoms with Gasteiger partial charge in [-0.05, 0) is 74.7 Å². The third-order valence-corrected chi connectivity index (χ3v) is 6.28. The fourth-order valence-electron chi connectivity index (χ4n) is 4.23. The maximum absolute atomic E-state index is 13.3. The predicted molar refractivity (Wildman–Crippen MR) is 134 cm³/mol. The molecule has 1 atom stereocenters. The standard InChI is InChI=1S/C28H26ClNO4/c1-16(2)34-23-14-13-20(15-17(23)3)26(31)24-25(19-9-6-5-7-10-19)30(28(33)27(24)32)22-12-8-11-21(29)18(22)4/h5-16,25,31H,1-4H3/b26-24+. The molecule has 0 saturated carbocycles. The predicted octanol–water partition coefficient (Wildman–Crippen LogP) is 6.37. The van der Waals surface area contributed by atoms with E-state index in [-0.39, 0.29) is 17.4 Å². The Hall–Kier alpha value is -3.57. The smallest absolute Gasteiger partial charge is 0.300 e. The second kappa shape index (κ2) is 9.35. The number of halogens is 1. The number of ether oxygens (including phenoxy) is 1. The van der Waals surface area contributed by atoms with Gasteiger partial charge >= 0.3 is 0 Å². The minimum atomic E-state index is -0.801. The Morgan fingerprint density at radius 1 is 1.00 bits per heavy atom. The van der Waals surface area contributed by atoms with E-state index < -0.39 is 17.7 Å². The van der Waals surface area contributed by atoms with Gasteiger partial charge in [-0.3, -0.25) is 14.5 Å². The highest BCUT2D eigenvalue weighted by molar-refractivity contribution is 6.52. The van der Waals surface area contributed by atoms with E-state index in [9.17, 15) is 14.7 Å². The first kappa shape index (κ1) is 23.6. The van der Waals surface area contributed by atoms with Crippen molar-refractivity contribution in [3.8, 4) is 5.75 Å². The average molecular weight is 476 g/mol. The Morgan fingerprint density at radius 2 is 1.71 bits per heavy atom. The number of aryl methyl sites for hydroxylation is 1. The Morgan fingerprint density at radius 3 is 2.35 bits per heavy atom. The molecule has 1 heterocycles. The Labute approximate surface area is 204 Å². The molecule has 0 aromatic heterocycles. The van der Waals surface area contributed by atoms with Crippen molar-refractivity contribution < 1.29 is 19.4 Å². The largest absolute Gasteiger partial charge is 0.507 e. The lowest BCUT2D eigenvalue weighted by Crippen LogP contribution is -2.30. The number of nitrogens with zero attached hydrogens (tertiary/aromatic N) is 1. The molecule has 1 saturated heterocycles. The number of amides is 1. The molecule has 1 aliphatic rings.